The molecule has 0 unspecified atom stereocenters. The highest BCUT2D eigenvalue weighted by Gasteiger charge is 2.14. The van der Waals surface area contributed by atoms with Crippen LogP contribution >= 0.6 is 0 Å². The van der Waals surface area contributed by atoms with Gasteiger partial charge in [-0.3, -0.25) is 4.72 Å². The Morgan fingerprint density at radius 1 is 1.31 bits per heavy atom. The Balaban J connectivity index is 2.93. The van der Waals surface area contributed by atoms with Crippen molar-refractivity contribution in [3.05, 3.63) is 23.8 Å². The fraction of sp³-hybridized carbons (Fsp3) is 0.400. The average molecular weight is 244 g/mol. The fourth-order valence-corrected chi connectivity index (χ4v) is 2.36. The Labute approximate surface area is 95.7 Å². The molecule has 0 heterocycles. The van der Waals surface area contributed by atoms with Crippen molar-refractivity contribution < 1.29 is 13.5 Å². The van der Waals surface area contributed by atoms with E-state index in [0.29, 0.717) is 5.56 Å². The van der Waals surface area contributed by atoms with Crippen LogP contribution in [0.25, 0.3) is 0 Å². The maximum absolute atomic E-state index is 11.5. The van der Waals surface area contributed by atoms with Crippen LogP contribution < -0.4 is 9.44 Å². The Morgan fingerprint density at radius 3 is 2.50 bits per heavy atom. The number of phenolic OH excluding ortho intramolecular Hbond substituents is 1. The van der Waals surface area contributed by atoms with Crippen LogP contribution in [0.5, 0.6) is 5.75 Å². The summed E-state index contributed by atoms with van der Waals surface area (Å²) in [5.41, 5.74) is 0.790. The van der Waals surface area contributed by atoms with Crippen molar-refractivity contribution in [1.29, 1.82) is 0 Å². The number of benzene rings is 1. The van der Waals surface area contributed by atoms with E-state index in [4.69, 9.17) is 0 Å². The van der Waals surface area contributed by atoms with Gasteiger partial charge < -0.3 is 5.11 Å². The largest absolute Gasteiger partial charge is 0.505 e. The summed E-state index contributed by atoms with van der Waals surface area (Å²) >= 11 is 0. The summed E-state index contributed by atoms with van der Waals surface area (Å²) in [7, 11) is -3.63. The fourth-order valence-electron chi connectivity index (χ4n) is 1.23. The summed E-state index contributed by atoms with van der Waals surface area (Å²) in [4.78, 5) is 0. The smallest absolute Gasteiger partial charge is 0.299 e. The van der Waals surface area contributed by atoms with Gasteiger partial charge in [0, 0.05) is 6.04 Å². The van der Waals surface area contributed by atoms with Gasteiger partial charge in [-0.2, -0.15) is 13.1 Å². The lowest BCUT2D eigenvalue weighted by Gasteiger charge is -2.13. The second-order valence-electron chi connectivity index (χ2n) is 3.85. The predicted molar refractivity (Wildman–Crippen MR) is 63.7 cm³/mol. The minimum Gasteiger partial charge on any atom is -0.505 e. The maximum atomic E-state index is 11.5. The van der Waals surface area contributed by atoms with Crippen molar-refractivity contribution in [1.82, 2.24) is 4.72 Å². The normalized spacial score (nSPS) is 11.8. The number of para-hydroxylation sites is 1. The van der Waals surface area contributed by atoms with Crippen LogP contribution in [0.3, 0.4) is 0 Å². The molecule has 90 valence electrons. The highest BCUT2D eigenvalue weighted by Crippen LogP contribution is 2.26. The molecule has 1 aromatic rings. The van der Waals surface area contributed by atoms with Gasteiger partial charge in [-0.15, -0.1) is 0 Å². The van der Waals surface area contributed by atoms with Crippen LogP contribution in [0, 0.1) is 6.92 Å². The van der Waals surface area contributed by atoms with E-state index in [-0.39, 0.29) is 17.5 Å². The van der Waals surface area contributed by atoms with Crippen molar-refractivity contribution in [2.45, 2.75) is 26.8 Å². The molecule has 0 saturated carbocycles. The Kier molecular flexibility index (Phi) is 3.77. The summed E-state index contributed by atoms with van der Waals surface area (Å²) < 4.78 is 27.7. The quantitative estimate of drug-likeness (QED) is 0.700. The molecule has 0 bridgehead atoms. The second-order valence-corrected chi connectivity index (χ2v) is 5.30. The highest BCUT2D eigenvalue weighted by molar-refractivity contribution is 7.90. The molecule has 0 spiro atoms. The molecule has 16 heavy (non-hydrogen) atoms. The summed E-state index contributed by atoms with van der Waals surface area (Å²) in [6.07, 6.45) is 0. The first kappa shape index (κ1) is 12.8. The van der Waals surface area contributed by atoms with Gasteiger partial charge >= 0.3 is 0 Å². The Hall–Kier alpha value is -1.27. The highest BCUT2D eigenvalue weighted by atomic mass is 32.2. The summed E-state index contributed by atoms with van der Waals surface area (Å²) in [5.74, 6) is -0.0587. The summed E-state index contributed by atoms with van der Waals surface area (Å²) in [6.45, 7) is 5.13. The summed E-state index contributed by atoms with van der Waals surface area (Å²) in [5, 5.41) is 9.64. The molecule has 1 aromatic carbocycles. The standard InChI is InChI=1S/C10H16N2O3S/c1-7(2)11-16(14,15)12-9-6-4-5-8(3)10(9)13/h4-7,11-13H,1-3H3. The monoisotopic (exact) mass is 244 g/mol. The molecule has 5 nitrogen and oxygen atoms in total. The lowest BCUT2D eigenvalue weighted by Crippen LogP contribution is -2.35. The lowest BCUT2D eigenvalue weighted by molar-refractivity contribution is 0.473. The van der Waals surface area contributed by atoms with Gasteiger partial charge in [0.05, 0.1) is 5.69 Å². The molecule has 1 rings (SSSR count). The van der Waals surface area contributed by atoms with E-state index in [1.165, 1.54) is 6.07 Å². The van der Waals surface area contributed by atoms with Gasteiger partial charge in [0.25, 0.3) is 10.2 Å². The third-order valence-electron chi connectivity index (χ3n) is 1.87. The van der Waals surface area contributed by atoms with Gasteiger partial charge in [-0.05, 0) is 32.4 Å². The number of aryl methyl sites for hydroxylation is 1. The first-order valence-electron chi connectivity index (χ1n) is 4.90. The Bertz CT molecular complexity index is 469. The van der Waals surface area contributed by atoms with Gasteiger partial charge in [-0.1, -0.05) is 12.1 Å². The van der Waals surface area contributed by atoms with Crippen molar-refractivity contribution in [2.24, 2.45) is 0 Å². The topological polar surface area (TPSA) is 78.4 Å². The van der Waals surface area contributed by atoms with E-state index in [1.54, 1.807) is 32.9 Å². The zero-order chi connectivity index (χ0) is 12.3. The molecular weight excluding hydrogens is 228 g/mol. The number of aromatic hydroxyl groups is 1. The Morgan fingerprint density at radius 2 is 1.94 bits per heavy atom. The van der Waals surface area contributed by atoms with Crippen molar-refractivity contribution in [3.63, 3.8) is 0 Å². The number of anilines is 1. The van der Waals surface area contributed by atoms with Gasteiger partial charge in [0.1, 0.15) is 5.75 Å². The van der Waals surface area contributed by atoms with Crippen LogP contribution in [0.1, 0.15) is 19.4 Å². The summed E-state index contributed by atoms with van der Waals surface area (Å²) in [6, 6.07) is 4.66. The molecule has 0 fully saturated rings. The minimum atomic E-state index is -3.63. The number of rotatable bonds is 4. The third kappa shape index (κ3) is 3.39. The van der Waals surface area contributed by atoms with Crippen molar-refractivity contribution >= 4 is 15.9 Å². The molecule has 0 atom stereocenters. The average Bonchev–Trinajstić information content (AvgIpc) is 2.10. The molecule has 0 aromatic heterocycles. The van der Waals surface area contributed by atoms with Crippen LogP contribution in [0.2, 0.25) is 0 Å². The molecule has 0 saturated heterocycles. The third-order valence-corrected chi connectivity index (χ3v) is 3.14. The van der Waals surface area contributed by atoms with Gasteiger partial charge in [0.15, 0.2) is 0 Å². The van der Waals surface area contributed by atoms with E-state index in [0.717, 1.165) is 0 Å². The molecular formula is C10H16N2O3S. The number of hydrogen-bond donors (Lipinski definition) is 3. The molecule has 0 radical (unpaired) electrons. The zero-order valence-electron chi connectivity index (χ0n) is 9.48. The number of hydrogen-bond acceptors (Lipinski definition) is 3. The minimum absolute atomic E-state index is 0.0587. The van der Waals surface area contributed by atoms with Gasteiger partial charge in [0.2, 0.25) is 0 Å². The molecule has 0 aliphatic rings. The second kappa shape index (κ2) is 4.71. The zero-order valence-corrected chi connectivity index (χ0v) is 10.3. The van der Waals surface area contributed by atoms with E-state index < -0.39 is 10.2 Å². The molecule has 0 aliphatic heterocycles. The lowest BCUT2D eigenvalue weighted by atomic mass is 10.2. The van der Waals surface area contributed by atoms with Gasteiger partial charge in [-0.25, -0.2) is 0 Å². The van der Waals surface area contributed by atoms with E-state index in [1.807, 2.05) is 0 Å². The van der Waals surface area contributed by atoms with Crippen LogP contribution in [-0.4, -0.2) is 19.6 Å². The van der Waals surface area contributed by atoms with Crippen LogP contribution in [0.4, 0.5) is 5.69 Å². The molecule has 0 amide bonds. The first-order valence-corrected chi connectivity index (χ1v) is 6.39. The number of nitrogens with one attached hydrogen (secondary N) is 2. The van der Waals surface area contributed by atoms with E-state index >= 15 is 0 Å². The molecule has 3 N–H and O–H groups in total. The van der Waals surface area contributed by atoms with E-state index in [9.17, 15) is 13.5 Å². The van der Waals surface area contributed by atoms with Crippen LogP contribution in [-0.2, 0) is 10.2 Å². The van der Waals surface area contributed by atoms with Crippen molar-refractivity contribution in [2.75, 3.05) is 4.72 Å². The van der Waals surface area contributed by atoms with Crippen molar-refractivity contribution in [3.8, 4) is 5.75 Å². The SMILES string of the molecule is Cc1cccc(NS(=O)(=O)NC(C)C)c1O. The molecule has 6 heteroatoms. The maximum Gasteiger partial charge on any atom is 0.299 e. The van der Waals surface area contributed by atoms with E-state index in [2.05, 4.69) is 9.44 Å². The van der Waals surface area contributed by atoms with Crippen LogP contribution in [0.15, 0.2) is 18.2 Å². The first-order chi connectivity index (χ1) is 7.32. The molecule has 0 aliphatic carbocycles. The number of phenols is 1. The predicted octanol–water partition coefficient (Wildman–Crippen LogP) is 1.36.